The molecule has 1 aliphatic rings. The van der Waals surface area contributed by atoms with Crippen molar-refractivity contribution in [2.75, 3.05) is 5.75 Å². The van der Waals surface area contributed by atoms with Gasteiger partial charge in [0.25, 0.3) is 5.22 Å². The maximum Gasteiger partial charge on any atom is 0.256 e. The van der Waals surface area contributed by atoms with Crippen molar-refractivity contribution in [1.82, 2.24) is 4.98 Å². The molecule has 1 saturated carbocycles. The monoisotopic (exact) mass is 277 g/mol. The number of aromatic nitrogens is 1. The summed E-state index contributed by atoms with van der Waals surface area (Å²) in [6.45, 7) is 0. The predicted molar refractivity (Wildman–Crippen MR) is 73.6 cm³/mol. The first kappa shape index (κ1) is 12.5. The Kier molecular flexibility index (Phi) is 2.99. The maximum absolute atomic E-state index is 11.5. The Morgan fingerprint density at radius 1 is 1.47 bits per heavy atom. The van der Waals surface area contributed by atoms with Gasteiger partial charge in [-0.05, 0) is 30.9 Å². The molecule has 1 aromatic heterocycles. The number of hydrogen-bond donors (Lipinski definition) is 2. The zero-order valence-electron chi connectivity index (χ0n) is 10.3. The normalized spacial score (nSPS) is 18.4. The van der Waals surface area contributed by atoms with Crippen molar-refractivity contribution in [3.8, 4) is 0 Å². The number of para-hydroxylation sites is 2. The van der Waals surface area contributed by atoms with Crippen LogP contribution < -0.4 is 11.5 Å². The van der Waals surface area contributed by atoms with Crippen LogP contribution in [0.1, 0.15) is 12.8 Å². The lowest BCUT2D eigenvalue weighted by atomic mass is 9.96. The zero-order valence-corrected chi connectivity index (χ0v) is 11.2. The van der Waals surface area contributed by atoms with Gasteiger partial charge in [0.15, 0.2) is 5.58 Å². The SMILES string of the molecule is NC(=O)C(N)(CSc1nc2ccccc2o1)C1CC1. The van der Waals surface area contributed by atoms with Crippen LogP contribution in [-0.2, 0) is 4.79 Å². The number of rotatable bonds is 5. The van der Waals surface area contributed by atoms with E-state index in [4.69, 9.17) is 15.9 Å². The van der Waals surface area contributed by atoms with Gasteiger partial charge in [0.05, 0.1) is 0 Å². The Hall–Kier alpha value is -1.53. The quantitative estimate of drug-likeness (QED) is 0.808. The zero-order chi connectivity index (χ0) is 13.5. The molecule has 0 aliphatic heterocycles. The van der Waals surface area contributed by atoms with Gasteiger partial charge in [-0.1, -0.05) is 23.9 Å². The third kappa shape index (κ3) is 2.33. The van der Waals surface area contributed by atoms with Crippen LogP contribution in [0, 0.1) is 5.92 Å². The Bertz CT molecular complexity index is 590. The van der Waals surface area contributed by atoms with Crippen molar-refractivity contribution in [2.45, 2.75) is 23.6 Å². The third-order valence-corrected chi connectivity index (χ3v) is 4.52. The molecule has 1 fully saturated rings. The summed E-state index contributed by atoms with van der Waals surface area (Å²) in [7, 11) is 0. The van der Waals surface area contributed by atoms with Crippen LogP contribution in [0.2, 0.25) is 0 Å². The molecule has 1 atom stereocenters. The number of amides is 1. The van der Waals surface area contributed by atoms with Crippen LogP contribution in [-0.4, -0.2) is 22.2 Å². The van der Waals surface area contributed by atoms with Crippen LogP contribution in [0.5, 0.6) is 0 Å². The van der Waals surface area contributed by atoms with Gasteiger partial charge in [0.2, 0.25) is 5.91 Å². The second kappa shape index (κ2) is 4.54. The minimum absolute atomic E-state index is 0.196. The second-order valence-corrected chi connectivity index (χ2v) is 5.84. The Morgan fingerprint density at radius 3 is 2.84 bits per heavy atom. The van der Waals surface area contributed by atoms with Crippen molar-refractivity contribution < 1.29 is 9.21 Å². The van der Waals surface area contributed by atoms with E-state index in [0.29, 0.717) is 11.0 Å². The third-order valence-electron chi connectivity index (χ3n) is 3.47. The van der Waals surface area contributed by atoms with E-state index in [-0.39, 0.29) is 5.92 Å². The summed E-state index contributed by atoms with van der Waals surface area (Å²) in [5.41, 5.74) is 12.1. The molecular weight excluding hydrogens is 262 g/mol. The molecule has 0 spiro atoms. The molecule has 6 heteroatoms. The van der Waals surface area contributed by atoms with Gasteiger partial charge in [-0.3, -0.25) is 4.79 Å². The number of oxazole rings is 1. The van der Waals surface area contributed by atoms with Crippen molar-refractivity contribution in [1.29, 1.82) is 0 Å². The summed E-state index contributed by atoms with van der Waals surface area (Å²) in [6.07, 6.45) is 1.93. The molecule has 1 amide bonds. The van der Waals surface area contributed by atoms with E-state index in [1.807, 2.05) is 24.3 Å². The highest BCUT2D eigenvalue weighted by Gasteiger charge is 2.47. The Balaban J connectivity index is 1.76. The number of carbonyl (C=O) groups is 1. The summed E-state index contributed by atoms with van der Waals surface area (Å²) in [6, 6.07) is 7.54. The van der Waals surface area contributed by atoms with Gasteiger partial charge in [0, 0.05) is 5.75 Å². The summed E-state index contributed by atoms with van der Waals surface area (Å²) in [4.78, 5) is 15.9. The summed E-state index contributed by atoms with van der Waals surface area (Å²) >= 11 is 1.35. The molecular formula is C13H15N3O2S. The molecule has 3 rings (SSSR count). The molecule has 5 nitrogen and oxygen atoms in total. The van der Waals surface area contributed by atoms with E-state index in [1.54, 1.807) is 0 Å². The van der Waals surface area contributed by atoms with Crippen LogP contribution in [0.15, 0.2) is 33.9 Å². The van der Waals surface area contributed by atoms with Gasteiger partial charge in [-0.15, -0.1) is 0 Å². The maximum atomic E-state index is 11.5. The van der Waals surface area contributed by atoms with E-state index < -0.39 is 11.4 Å². The molecule has 100 valence electrons. The van der Waals surface area contributed by atoms with Crippen LogP contribution >= 0.6 is 11.8 Å². The van der Waals surface area contributed by atoms with E-state index >= 15 is 0 Å². The van der Waals surface area contributed by atoms with Gasteiger partial charge in [0.1, 0.15) is 11.1 Å². The number of primary amides is 1. The number of benzene rings is 1. The Labute approximate surface area is 114 Å². The number of thioether (sulfide) groups is 1. The van der Waals surface area contributed by atoms with E-state index in [1.165, 1.54) is 11.8 Å². The van der Waals surface area contributed by atoms with Crippen LogP contribution in [0.3, 0.4) is 0 Å². The highest BCUT2D eigenvalue weighted by Crippen LogP contribution is 2.40. The lowest BCUT2D eigenvalue weighted by molar-refractivity contribution is -0.123. The average Bonchev–Trinajstić information content (AvgIpc) is 3.16. The number of nitrogens with two attached hydrogens (primary N) is 2. The summed E-state index contributed by atoms with van der Waals surface area (Å²) in [5.74, 6) is 0.153. The second-order valence-electron chi connectivity index (χ2n) is 4.92. The van der Waals surface area contributed by atoms with E-state index in [9.17, 15) is 4.79 Å². The first-order valence-electron chi connectivity index (χ1n) is 6.17. The molecule has 0 bridgehead atoms. The fraction of sp³-hybridized carbons (Fsp3) is 0.385. The number of hydrogen-bond acceptors (Lipinski definition) is 5. The van der Waals surface area contributed by atoms with Crippen molar-refractivity contribution in [3.05, 3.63) is 24.3 Å². The minimum atomic E-state index is -0.953. The van der Waals surface area contributed by atoms with Crippen LogP contribution in [0.4, 0.5) is 0 Å². The lowest BCUT2D eigenvalue weighted by Crippen LogP contribution is -2.56. The first-order chi connectivity index (χ1) is 9.09. The number of carbonyl (C=O) groups excluding carboxylic acids is 1. The molecule has 1 heterocycles. The van der Waals surface area contributed by atoms with Crippen LogP contribution in [0.25, 0.3) is 11.1 Å². The van der Waals surface area contributed by atoms with Crippen molar-refractivity contribution in [3.63, 3.8) is 0 Å². The van der Waals surface area contributed by atoms with Gasteiger partial charge in [-0.2, -0.15) is 0 Å². The molecule has 2 aromatic rings. The number of nitrogens with zero attached hydrogens (tertiary/aromatic N) is 1. The largest absolute Gasteiger partial charge is 0.431 e. The molecule has 0 radical (unpaired) electrons. The molecule has 1 unspecified atom stereocenters. The van der Waals surface area contributed by atoms with Gasteiger partial charge < -0.3 is 15.9 Å². The standard InChI is InChI=1S/C13H15N3O2S/c14-11(17)13(15,8-5-6-8)7-19-12-16-9-3-1-2-4-10(9)18-12/h1-4,8H,5-7,15H2,(H2,14,17). The molecule has 1 aliphatic carbocycles. The highest BCUT2D eigenvalue weighted by atomic mass is 32.2. The predicted octanol–water partition coefficient (Wildman–Crippen LogP) is 1.51. The van der Waals surface area contributed by atoms with E-state index in [2.05, 4.69) is 4.98 Å². The average molecular weight is 277 g/mol. The minimum Gasteiger partial charge on any atom is -0.431 e. The first-order valence-corrected chi connectivity index (χ1v) is 7.15. The van der Waals surface area contributed by atoms with Gasteiger partial charge >= 0.3 is 0 Å². The topological polar surface area (TPSA) is 95.1 Å². The smallest absolute Gasteiger partial charge is 0.256 e. The Morgan fingerprint density at radius 2 is 2.21 bits per heavy atom. The molecule has 4 N–H and O–H groups in total. The fourth-order valence-electron chi connectivity index (χ4n) is 2.08. The van der Waals surface area contributed by atoms with Crippen molar-refractivity contribution >= 4 is 28.8 Å². The molecule has 0 saturated heterocycles. The summed E-state index contributed by atoms with van der Waals surface area (Å²) < 4.78 is 5.59. The van der Waals surface area contributed by atoms with Gasteiger partial charge in [-0.25, -0.2) is 4.98 Å². The molecule has 19 heavy (non-hydrogen) atoms. The summed E-state index contributed by atoms with van der Waals surface area (Å²) in [5, 5.41) is 0.526. The highest BCUT2D eigenvalue weighted by molar-refractivity contribution is 7.99. The molecule has 1 aromatic carbocycles. The lowest BCUT2D eigenvalue weighted by Gasteiger charge is -2.24. The van der Waals surface area contributed by atoms with E-state index in [0.717, 1.165) is 23.9 Å². The number of fused-ring (bicyclic) bond motifs is 1. The fourth-order valence-corrected chi connectivity index (χ4v) is 3.13. The van der Waals surface area contributed by atoms with Crippen molar-refractivity contribution in [2.24, 2.45) is 17.4 Å².